The van der Waals surface area contributed by atoms with Gasteiger partial charge >= 0.3 is 0 Å². The largest absolute Gasteiger partial charge is 0.319 e. The molecule has 2 N–H and O–H groups in total. The first kappa shape index (κ1) is 17.0. The molecule has 0 radical (unpaired) electrons. The maximum Gasteiger partial charge on any atom is 0.238 e. The van der Waals surface area contributed by atoms with Crippen LogP contribution in [0.25, 0.3) is 11.0 Å². The Labute approximate surface area is 145 Å². The second-order valence-corrected chi connectivity index (χ2v) is 8.37. The van der Waals surface area contributed by atoms with Crippen LogP contribution in [0.1, 0.15) is 24.7 Å². The quantitative estimate of drug-likeness (QED) is 0.705. The molecule has 2 aromatic carbocycles. The van der Waals surface area contributed by atoms with Gasteiger partial charge in [0.2, 0.25) is 10.0 Å². The fourth-order valence-corrected chi connectivity index (χ4v) is 4.26. The van der Waals surface area contributed by atoms with Gasteiger partial charge in [-0.05, 0) is 37.6 Å². The molecular formula is C17H19N3O2S2. The minimum absolute atomic E-state index is 0.0865. The van der Waals surface area contributed by atoms with Crippen molar-refractivity contribution < 1.29 is 8.42 Å². The van der Waals surface area contributed by atoms with E-state index in [9.17, 15) is 8.42 Å². The molecule has 5 nitrogen and oxygen atoms in total. The molecule has 7 heteroatoms. The average molecular weight is 361 g/mol. The van der Waals surface area contributed by atoms with Gasteiger partial charge in [-0.15, -0.1) is 0 Å². The number of hydrogen-bond acceptors (Lipinski definition) is 4. The molecule has 1 aromatic heterocycles. The molecule has 1 unspecified atom stereocenters. The Morgan fingerprint density at radius 2 is 1.92 bits per heavy atom. The number of imidazole rings is 1. The zero-order chi connectivity index (χ0) is 17.3. The Hall–Kier alpha value is -1.83. The standard InChI is InChI=1S/C17H19N3O2S2/c1-3-20-16-10-9-14(24(18,21)22)11-15(16)19-17(20)23-12(2)13-7-5-4-6-8-13/h4-12H,3H2,1-2H3,(H2,18,21,22). The maximum atomic E-state index is 11.5. The highest BCUT2D eigenvalue weighted by Crippen LogP contribution is 2.36. The van der Waals surface area contributed by atoms with Gasteiger partial charge in [0.15, 0.2) is 5.16 Å². The number of nitrogens with two attached hydrogens (primary N) is 1. The summed E-state index contributed by atoms with van der Waals surface area (Å²) in [5, 5.41) is 6.33. The van der Waals surface area contributed by atoms with E-state index >= 15 is 0 Å². The van der Waals surface area contributed by atoms with E-state index < -0.39 is 10.0 Å². The number of aromatic nitrogens is 2. The Balaban J connectivity index is 2.01. The van der Waals surface area contributed by atoms with Crippen molar-refractivity contribution in [2.75, 3.05) is 0 Å². The van der Waals surface area contributed by atoms with Crippen LogP contribution in [0.3, 0.4) is 0 Å². The third-order valence-corrected chi connectivity index (χ3v) is 5.94. The summed E-state index contributed by atoms with van der Waals surface area (Å²) in [5.41, 5.74) is 2.78. The molecule has 126 valence electrons. The molecule has 0 fully saturated rings. The normalized spacial score (nSPS) is 13.3. The van der Waals surface area contributed by atoms with Crippen LogP contribution in [-0.2, 0) is 16.6 Å². The number of thioether (sulfide) groups is 1. The van der Waals surface area contributed by atoms with Crippen molar-refractivity contribution in [2.24, 2.45) is 5.14 Å². The summed E-state index contributed by atoms with van der Waals surface area (Å²) in [4.78, 5) is 4.72. The van der Waals surface area contributed by atoms with Gasteiger partial charge in [0.05, 0.1) is 15.9 Å². The van der Waals surface area contributed by atoms with Crippen LogP contribution in [0.5, 0.6) is 0 Å². The van der Waals surface area contributed by atoms with Crippen LogP contribution in [0.2, 0.25) is 0 Å². The van der Waals surface area contributed by atoms with Crippen molar-refractivity contribution in [1.82, 2.24) is 9.55 Å². The summed E-state index contributed by atoms with van der Waals surface area (Å²) in [6, 6.07) is 15.1. The van der Waals surface area contributed by atoms with Gasteiger partial charge in [0, 0.05) is 11.8 Å². The number of hydrogen-bond donors (Lipinski definition) is 1. The van der Waals surface area contributed by atoms with E-state index in [1.54, 1.807) is 17.8 Å². The molecule has 3 aromatic rings. The summed E-state index contributed by atoms with van der Waals surface area (Å²) in [7, 11) is -3.73. The molecule has 0 aliphatic rings. The molecule has 24 heavy (non-hydrogen) atoms. The first-order valence-corrected chi connectivity index (χ1v) is 10.1. The fourth-order valence-electron chi connectivity index (χ4n) is 2.61. The van der Waals surface area contributed by atoms with Gasteiger partial charge in [-0.1, -0.05) is 42.1 Å². The third kappa shape index (κ3) is 3.33. The summed E-state index contributed by atoms with van der Waals surface area (Å²) >= 11 is 1.66. The minimum atomic E-state index is -3.73. The van der Waals surface area contributed by atoms with Gasteiger partial charge in [0.25, 0.3) is 0 Å². The molecule has 0 amide bonds. The number of aryl methyl sites for hydroxylation is 1. The van der Waals surface area contributed by atoms with Crippen molar-refractivity contribution in [1.29, 1.82) is 0 Å². The molecule has 3 rings (SSSR count). The zero-order valence-electron chi connectivity index (χ0n) is 13.5. The molecule has 1 atom stereocenters. The molecule has 0 spiro atoms. The summed E-state index contributed by atoms with van der Waals surface area (Å²) < 4.78 is 25.2. The van der Waals surface area contributed by atoms with Crippen molar-refractivity contribution in [2.45, 2.75) is 35.7 Å². The number of primary sulfonamides is 1. The van der Waals surface area contributed by atoms with Crippen LogP contribution in [-0.4, -0.2) is 18.0 Å². The van der Waals surface area contributed by atoms with Crippen molar-refractivity contribution >= 4 is 32.8 Å². The van der Waals surface area contributed by atoms with Crippen LogP contribution < -0.4 is 5.14 Å². The smallest absolute Gasteiger partial charge is 0.238 e. The van der Waals surface area contributed by atoms with Crippen molar-refractivity contribution in [3.63, 3.8) is 0 Å². The predicted octanol–water partition coefficient (Wildman–Crippen LogP) is 3.56. The van der Waals surface area contributed by atoms with E-state index in [1.807, 2.05) is 25.1 Å². The topological polar surface area (TPSA) is 78.0 Å². The Morgan fingerprint density at radius 3 is 2.54 bits per heavy atom. The summed E-state index contributed by atoms with van der Waals surface area (Å²) in [6.07, 6.45) is 0. The third-order valence-electron chi connectivity index (χ3n) is 3.88. The maximum absolute atomic E-state index is 11.5. The summed E-state index contributed by atoms with van der Waals surface area (Å²) in [6.45, 7) is 4.94. The first-order chi connectivity index (χ1) is 11.4. The molecule has 0 saturated carbocycles. The lowest BCUT2D eigenvalue weighted by Gasteiger charge is -2.12. The molecule has 0 saturated heterocycles. The number of sulfonamides is 1. The molecule has 1 heterocycles. The number of fused-ring (bicyclic) bond motifs is 1. The Morgan fingerprint density at radius 1 is 1.21 bits per heavy atom. The highest BCUT2D eigenvalue weighted by atomic mass is 32.2. The van der Waals surface area contributed by atoms with E-state index in [-0.39, 0.29) is 10.1 Å². The lowest BCUT2D eigenvalue weighted by Crippen LogP contribution is -2.11. The van der Waals surface area contributed by atoms with Gasteiger partial charge in [-0.3, -0.25) is 0 Å². The van der Waals surface area contributed by atoms with Crippen molar-refractivity contribution in [3.05, 3.63) is 54.1 Å². The van der Waals surface area contributed by atoms with E-state index in [4.69, 9.17) is 5.14 Å². The molecule has 0 aliphatic heterocycles. The van der Waals surface area contributed by atoms with Crippen LogP contribution in [0.4, 0.5) is 0 Å². The van der Waals surface area contributed by atoms with E-state index in [0.717, 1.165) is 17.2 Å². The second-order valence-electron chi connectivity index (χ2n) is 5.50. The van der Waals surface area contributed by atoms with E-state index in [0.29, 0.717) is 5.52 Å². The van der Waals surface area contributed by atoms with Gasteiger partial charge in [-0.2, -0.15) is 0 Å². The highest BCUT2D eigenvalue weighted by Gasteiger charge is 2.17. The second kappa shape index (κ2) is 6.58. The van der Waals surface area contributed by atoms with Crippen LogP contribution in [0.15, 0.2) is 58.6 Å². The lowest BCUT2D eigenvalue weighted by atomic mass is 10.2. The average Bonchev–Trinajstić information content (AvgIpc) is 2.90. The number of nitrogens with zero attached hydrogens (tertiary/aromatic N) is 2. The highest BCUT2D eigenvalue weighted by molar-refractivity contribution is 7.99. The number of rotatable bonds is 5. The monoisotopic (exact) mass is 361 g/mol. The number of benzene rings is 2. The van der Waals surface area contributed by atoms with E-state index in [2.05, 4.69) is 28.6 Å². The Kier molecular flexibility index (Phi) is 4.67. The molecule has 0 aliphatic carbocycles. The first-order valence-electron chi connectivity index (χ1n) is 7.65. The zero-order valence-corrected chi connectivity index (χ0v) is 15.1. The van der Waals surface area contributed by atoms with Gasteiger partial charge < -0.3 is 4.57 Å². The fraction of sp³-hybridized carbons (Fsp3) is 0.235. The molecule has 0 bridgehead atoms. The van der Waals surface area contributed by atoms with Crippen molar-refractivity contribution in [3.8, 4) is 0 Å². The summed E-state index contributed by atoms with van der Waals surface area (Å²) in [5.74, 6) is 0. The van der Waals surface area contributed by atoms with E-state index in [1.165, 1.54) is 17.7 Å². The lowest BCUT2D eigenvalue weighted by molar-refractivity contribution is 0.598. The van der Waals surface area contributed by atoms with Crippen LogP contribution >= 0.6 is 11.8 Å². The van der Waals surface area contributed by atoms with Crippen LogP contribution in [0, 0.1) is 0 Å². The predicted molar refractivity (Wildman–Crippen MR) is 97.5 cm³/mol. The molecular weight excluding hydrogens is 342 g/mol. The Bertz CT molecular complexity index is 966. The minimum Gasteiger partial charge on any atom is -0.319 e. The van der Waals surface area contributed by atoms with Gasteiger partial charge in [0.1, 0.15) is 0 Å². The SMILES string of the molecule is CCn1c(SC(C)c2ccccc2)nc2cc(S(N)(=O)=O)ccc21. The van der Waals surface area contributed by atoms with Gasteiger partial charge in [-0.25, -0.2) is 18.5 Å².